The van der Waals surface area contributed by atoms with E-state index in [9.17, 15) is 18.3 Å². The van der Waals surface area contributed by atoms with Crippen LogP contribution >= 0.6 is 0 Å². The summed E-state index contributed by atoms with van der Waals surface area (Å²) < 4.78 is 44.8. The number of aromatic hydroxyl groups is 1. The normalized spacial score (nSPS) is 25.0. The van der Waals surface area contributed by atoms with Gasteiger partial charge in [-0.1, -0.05) is 24.3 Å². The average molecular weight is 435 g/mol. The summed E-state index contributed by atoms with van der Waals surface area (Å²) in [6.45, 7) is 3.17. The minimum atomic E-state index is -4.34. The summed E-state index contributed by atoms with van der Waals surface area (Å²) in [4.78, 5) is 2.36. The largest absolute Gasteiger partial charge is 0.504 e. The Balaban J connectivity index is 1.46. The maximum absolute atomic E-state index is 13.2. The summed E-state index contributed by atoms with van der Waals surface area (Å²) in [5.41, 5.74) is 7.68. The van der Waals surface area contributed by atoms with Crippen LogP contribution in [0.1, 0.15) is 35.4 Å². The number of rotatable bonds is 5. The first-order valence-corrected chi connectivity index (χ1v) is 10.6. The number of hydrazine groups is 1. The van der Waals surface area contributed by atoms with E-state index in [0.29, 0.717) is 18.2 Å². The summed E-state index contributed by atoms with van der Waals surface area (Å²) >= 11 is 0. The molecule has 3 N–H and O–H groups in total. The summed E-state index contributed by atoms with van der Waals surface area (Å²) in [6, 6.07) is 11.2. The molecule has 2 heterocycles. The highest BCUT2D eigenvalue weighted by Gasteiger charge is 2.38. The standard InChI is InChI=1S/C23H28F3N3O2/c1-31-21-10-15(7-8-20(21)30)13-29-9-3-5-17(14-29)22-19(12-27-28-22)16-4-2-6-18(11-16)23(24,25)26/h2,4,6-8,10-11,17,19,22,27-28,30H,3,5,9,12-14H2,1H3. The van der Waals surface area contributed by atoms with Crippen molar-refractivity contribution in [3.05, 3.63) is 59.2 Å². The van der Waals surface area contributed by atoms with Crippen LogP contribution in [0.2, 0.25) is 0 Å². The van der Waals surface area contributed by atoms with Crippen molar-refractivity contribution < 1.29 is 23.0 Å². The third-order valence-corrected chi connectivity index (χ3v) is 6.37. The number of halogens is 3. The Hall–Kier alpha value is -2.29. The zero-order valence-corrected chi connectivity index (χ0v) is 17.5. The van der Waals surface area contributed by atoms with Crippen LogP contribution < -0.4 is 15.6 Å². The predicted octanol–water partition coefficient (Wildman–Crippen LogP) is 3.89. The molecule has 2 fully saturated rings. The van der Waals surface area contributed by atoms with Gasteiger partial charge in [0, 0.05) is 31.6 Å². The topological polar surface area (TPSA) is 56.8 Å². The van der Waals surface area contributed by atoms with Gasteiger partial charge in [-0.3, -0.25) is 15.8 Å². The Morgan fingerprint density at radius 3 is 2.81 bits per heavy atom. The number of alkyl halides is 3. The molecule has 2 aliphatic heterocycles. The van der Waals surface area contributed by atoms with Crippen molar-refractivity contribution >= 4 is 0 Å². The van der Waals surface area contributed by atoms with E-state index in [0.717, 1.165) is 49.7 Å². The molecular weight excluding hydrogens is 407 g/mol. The summed E-state index contributed by atoms with van der Waals surface area (Å²) in [6.07, 6.45) is -2.27. The highest BCUT2D eigenvalue weighted by atomic mass is 19.4. The quantitative estimate of drug-likeness (QED) is 0.665. The van der Waals surface area contributed by atoms with Crippen molar-refractivity contribution in [3.63, 3.8) is 0 Å². The van der Waals surface area contributed by atoms with E-state index in [4.69, 9.17) is 4.74 Å². The molecule has 0 amide bonds. The number of nitrogens with zero attached hydrogens (tertiary/aromatic N) is 1. The Labute approximate surface area is 180 Å². The van der Waals surface area contributed by atoms with Crippen molar-refractivity contribution in [2.75, 3.05) is 26.7 Å². The molecule has 0 aromatic heterocycles. The Bertz CT molecular complexity index is 906. The average Bonchev–Trinajstić information content (AvgIpc) is 3.25. The monoisotopic (exact) mass is 435 g/mol. The maximum Gasteiger partial charge on any atom is 0.416 e. The molecule has 5 nitrogen and oxygen atoms in total. The number of benzene rings is 2. The molecule has 3 unspecified atom stereocenters. The number of hydrogen-bond donors (Lipinski definition) is 3. The van der Waals surface area contributed by atoms with Crippen molar-refractivity contribution in [3.8, 4) is 11.5 Å². The number of phenolic OH excluding ortho intramolecular Hbond substituents is 1. The number of methoxy groups -OCH3 is 1. The molecule has 0 aliphatic carbocycles. The number of likely N-dealkylation sites (tertiary alicyclic amines) is 1. The molecular formula is C23H28F3N3O2. The van der Waals surface area contributed by atoms with Gasteiger partial charge in [-0.25, -0.2) is 0 Å². The number of phenols is 1. The van der Waals surface area contributed by atoms with Gasteiger partial charge < -0.3 is 9.84 Å². The zero-order valence-electron chi connectivity index (χ0n) is 17.5. The third kappa shape index (κ3) is 4.97. The van der Waals surface area contributed by atoms with Gasteiger partial charge >= 0.3 is 6.18 Å². The zero-order chi connectivity index (χ0) is 22.0. The first kappa shape index (κ1) is 21.9. The lowest BCUT2D eigenvalue weighted by Crippen LogP contribution is -2.46. The lowest BCUT2D eigenvalue weighted by atomic mass is 9.80. The van der Waals surface area contributed by atoms with Gasteiger partial charge in [0.2, 0.25) is 0 Å². The van der Waals surface area contributed by atoms with Crippen molar-refractivity contribution in [1.82, 2.24) is 15.8 Å². The second-order valence-corrected chi connectivity index (χ2v) is 8.42. The van der Waals surface area contributed by atoms with Crippen LogP contribution in [0.15, 0.2) is 42.5 Å². The molecule has 0 radical (unpaired) electrons. The molecule has 3 atom stereocenters. The van der Waals surface area contributed by atoms with Gasteiger partial charge in [-0.2, -0.15) is 13.2 Å². The predicted molar refractivity (Wildman–Crippen MR) is 112 cm³/mol. The van der Waals surface area contributed by atoms with Crippen LogP contribution in [0.5, 0.6) is 11.5 Å². The van der Waals surface area contributed by atoms with E-state index in [1.807, 2.05) is 12.1 Å². The highest BCUT2D eigenvalue weighted by molar-refractivity contribution is 5.41. The molecule has 31 heavy (non-hydrogen) atoms. The van der Waals surface area contributed by atoms with Crippen LogP contribution in [-0.4, -0.2) is 42.8 Å². The molecule has 8 heteroatoms. The van der Waals surface area contributed by atoms with E-state index in [1.54, 1.807) is 12.1 Å². The lowest BCUT2D eigenvalue weighted by Gasteiger charge is -2.37. The van der Waals surface area contributed by atoms with Crippen molar-refractivity contribution in [1.29, 1.82) is 0 Å². The molecule has 2 aromatic rings. The summed E-state index contributed by atoms with van der Waals surface area (Å²) in [5.74, 6) is 0.883. The van der Waals surface area contributed by atoms with Gasteiger partial charge in [-0.05, 0) is 54.6 Å². The number of ether oxygens (including phenoxy) is 1. The van der Waals surface area contributed by atoms with Crippen LogP contribution in [0.4, 0.5) is 13.2 Å². The van der Waals surface area contributed by atoms with Crippen LogP contribution in [0.3, 0.4) is 0 Å². The van der Waals surface area contributed by atoms with Crippen LogP contribution in [-0.2, 0) is 12.7 Å². The molecule has 0 spiro atoms. The molecule has 168 valence electrons. The molecule has 2 aromatic carbocycles. The van der Waals surface area contributed by atoms with E-state index in [2.05, 4.69) is 15.8 Å². The van der Waals surface area contributed by atoms with Crippen LogP contribution in [0.25, 0.3) is 0 Å². The first-order valence-electron chi connectivity index (χ1n) is 10.6. The number of nitrogens with one attached hydrogen (secondary N) is 2. The number of hydrogen-bond acceptors (Lipinski definition) is 5. The molecule has 0 saturated carbocycles. The molecule has 2 aliphatic rings. The summed E-state index contributed by atoms with van der Waals surface area (Å²) in [7, 11) is 1.53. The highest BCUT2D eigenvalue weighted by Crippen LogP contribution is 2.36. The van der Waals surface area contributed by atoms with Gasteiger partial charge in [0.25, 0.3) is 0 Å². The lowest BCUT2D eigenvalue weighted by molar-refractivity contribution is -0.137. The fraction of sp³-hybridized carbons (Fsp3) is 0.478. The second-order valence-electron chi connectivity index (χ2n) is 8.42. The Morgan fingerprint density at radius 2 is 2.03 bits per heavy atom. The first-order chi connectivity index (χ1) is 14.8. The van der Waals surface area contributed by atoms with Crippen molar-refractivity contribution in [2.24, 2.45) is 5.92 Å². The summed E-state index contributed by atoms with van der Waals surface area (Å²) in [5, 5.41) is 9.81. The fourth-order valence-corrected chi connectivity index (χ4v) is 4.84. The van der Waals surface area contributed by atoms with E-state index >= 15 is 0 Å². The second kappa shape index (κ2) is 9.06. The number of piperidine rings is 1. The maximum atomic E-state index is 13.2. The Morgan fingerprint density at radius 1 is 1.19 bits per heavy atom. The Kier molecular flexibility index (Phi) is 6.41. The van der Waals surface area contributed by atoms with Gasteiger partial charge in [0.1, 0.15) is 0 Å². The molecule has 0 bridgehead atoms. The van der Waals surface area contributed by atoms with Crippen LogP contribution in [0, 0.1) is 5.92 Å². The minimum absolute atomic E-state index is 0.0129. The minimum Gasteiger partial charge on any atom is -0.504 e. The van der Waals surface area contributed by atoms with Gasteiger partial charge in [0.05, 0.1) is 12.7 Å². The molecule has 4 rings (SSSR count). The van der Waals surface area contributed by atoms with Gasteiger partial charge in [0.15, 0.2) is 11.5 Å². The fourth-order valence-electron chi connectivity index (χ4n) is 4.84. The van der Waals surface area contributed by atoms with E-state index < -0.39 is 11.7 Å². The van der Waals surface area contributed by atoms with Gasteiger partial charge in [-0.15, -0.1) is 0 Å². The molecule has 2 saturated heterocycles. The van der Waals surface area contributed by atoms with E-state index in [-0.39, 0.29) is 17.7 Å². The van der Waals surface area contributed by atoms with E-state index in [1.165, 1.54) is 19.2 Å². The third-order valence-electron chi connectivity index (χ3n) is 6.37. The SMILES string of the molecule is COc1cc(CN2CCCC(C3NNCC3c3cccc(C(F)(F)F)c3)C2)ccc1O. The smallest absolute Gasteiger partial charge is 0.416 e. The van der Waals surface area contributed by atoms with Crippen molar-refractivity contribution in [2.45, 2.75) is 37.5 Å².